The highest BCUT2D eigenvalue weighted by molar-refractivity contribution is 9.10. The van der Waals surface area contributed by atoms with Gasteiger partial charge in [-0.15, -0.1) is 0 Å². The predicted octanol–water partition coefficient (Wildman–Crippen LogP) is 4.85. The van der Waals surface area contributed by atoms with Crippen LogP contribution in [0.2, 0.25) is 0 Å². The Labute approximate surface area is 147 Å². The standard InChI is InChI=1S/C16H9BrF3N3O2/c17-9-4-5-12-11(7-9)13(23-15(22-12)16(18,19)20)21-10-3-1-2-8(6-10)14(24)25/h1-7H,(H,24,25)(H,21,22,23). The molecule has 3 aromatic rings. The number of halogens is 4. The van der Waals surface area contributed by atoms with Crippen molar-refractivity contribution in [1.29, 1.82) is 0 Å². The predicted molar refractivity (Wildman–Crippen MR) is 88.9 cm³/mol. The number of carboxylic acids is 1. The van der Waals surface area contributed by atoms with Crippen molar-refractivity contribution >= 4 is 44.3 Å². The maximum absolute atomic E-state index is 13.0. The molecule has 3 rings (SSSR count). The summed E-state index contributed by atoms with van der Waals surface area (Å²) in [5.41, 5.74) is 0.413. The summed E-state index contributed by atoms with van der Waals surface area (Å²) in [6, 6.07) is 10.3. The average molecular weight is 412 g/mol. The van der Waals surface area contributed by atoms with Gasteiger partial charge in [0.2, 0.25) is 5.82 Å². The second-order valence-corrected chi connectivity index (χ2v) is 5.98. The molecular weight excluding hydrogens is 403 g/mol. The van der Waals surface area contributed by atoms with Gasteiger partial charge in [0.15, 0.2) is 0 Å². The van der Waals surface area contributed by atoms with E-state index in [1.54, 1.807) is 12.1 Å². The third-order valence-electron chi connectivity index (χ3n) is 3.28. The first-order valence-corrected chi connectivity index (χ1v) is 7.68. The number of nitrogens with zero attached hydrogens (tertiary/aromatic N) is 2. The van der Waals surface area contributed by atoms with Gasteiger partial charge in [-0.1, -0.05) is 22.0 Å². The van der Waals surface area contributed by atoms with Crippen molar-refractivity contribution in [3.05, 3.63) is 58.3 Å². The summed E-state index contributed by atoms with van der Waals surface area (Å²) in [7, 11) is 0. The van der Waals surface area contributed by atoms with Crippen LogP contribution in [0.15, 0.2) is 46.9 Å². The summed E-state index contributed by atoms with van der Waals surface area (Å²) in [5.74, 6) is -2.49. The zero-order chi connectivity index (χ0) is 18.2. The molecule has 0 saturated carbocycles. The number of hydrogen-bond donors (Lipinski definition) is 2. The highest BCUT2D eigenvalue weighted by Crippen LogP contribution is 2.32. The maximum Gasteiger partial charge on any atom is 0.451 e. The highest BCUT2D eigenvalue weighted by Gasteiger charge is 2.35. The number of alkyl halides is 3. The molecule has 5 nitrogen and oxygen atoms in total. The molecule has 0 saturated heterocycles. The summed E-state index contributed by atoms with van der Waals surface area (Å²) in [6.45, 7) is 0. The number of fused-ring (bicyclic) bond motifs is 1. The van der Waals surface area contributed by atoms with E-state index in [4.69, 9.17) is 5.11 Å². The van der Waals surface area contributed by atoms with Crippen molar-refractivity contribution in [2.24, 2.45) is 0 Å². The van der Waals surface area contributed by atoms with Crippen LogP contribution in [-0.4, -0.2) is 21.0 Å². The van der Waals surface area contributed by atoms with Gasteiger partial charge >= 0.3 is 12.1 Å². The monoisotopic (exact) mass is 411 g/mol. The van der Waals surface area contributed by atoms with Crippen molar-refractivity contribution in [2.45, 2.75) is 6.18 Å². The second kappa shape index (κ2) is 6.32. The third kappa shape index (κ3) is 3.71. The summed E-state index contributed by atoms with van der Waals surface area (Å²) < 4.78 is 39.8. The summed E-state index contributed by atoms with van der Waals surface area (Å²) in [4.78, 5) is 18.2. The molecule has 0 radical (unpaired) electrons. The summed E-state index contributed by atoms with van der Waals surface area (Å²) >= 11 is 3.26. The Kier molecular flexibility index (Phi) is 4.34. The van der Waals surface area contributed by atoms with Gasteiger partial charge in [0, 0.05) is 15.5 Å². The molecule has 0 spiro atoms. The Morgan fingerprint density at radius 2 is 1.88 bits per heavy atom. The van der Waals surface area contributed by atoms with Gasteiger partial charge in [-0.25, -0.2) is 14.8 Å². The van der Waals surface area contributed by atoms with Gasteiger partial charge in [-0.2, -0.15) is 13.2 Å². The van der Waals surface area contributed by atoms with Crippen LogP contribution in [0.25, 0.3) is 10.9 Å². The molecule has 128 valence electrons. The maximum atomic E-state index is 13.0. The van der Waals surface area contributed by atoms with Gasteiger partial charge < -0.3 is 10.4 Å². The molecule has 0 aliphatic carbocycles. The van der Waals surface area contributed by atoms with E-state index in [0.29, 0.717) is 15.5 Å². The molecular formula is C16H9BrF3N3O2. The molecule has 2 N–H and O–H groups in total. The lowest BCUT2D eigenvalue weighted by atomic mass is 10.2. The smallest absolute Gasteiger partial charge is 0.451 e. The fourth-order valence-electron chi connectivity index (χ4n) is 2.19. The molecule has 25 heavy (non-hydrogen) atoms. The topological polar surface area (TPSA) is 75.1 Å². The number of aromatic carboxylic acids is 1. The number of hydrogen-bond acceptors (Lipinski definition) is 4. The Bertz CT molecular complexity index is 976. The van der Waals surface area contributed by atoms with Crippen molar-refractivity contribution in [1.82, 2.24) is 9.97 Å². The lowest BCUT2D eigenvalue weighted by Crippen LogP contribution is -2.12. The van der Waals surface area contributed by atoms with E-state index in [1.165, 1.54) is 30.3 Å². The van der Waals surface area contributed by atoms with E-state index in [2.05, 4.69) is 31.2 Å². The van der Waals surface area contributed by atoms with Crippen LogP contribution >= 0.6 is 15.9 Å². The molecule has 1 aromatic heterocycles. The van der Waals surface area contributed by atoms with Crippen LogP contribution in [0.1, 0.15) is 16.2 Å². The molecule has 1 heterocycles. The quantitative estimate of drug-likeness (QED) is 0.643. The first kappa shape index (κ1) is 17.2. The number of carbonyl (C=O) groups is 1. The van der Waals surface area contributed by atoms with Gasteiger partial charge in [0.25, 0.3) is 0 Å². The normalized spacial score (nSPS) is 11.5. The van der Waals surface area contributed by atoms with Gasteiger partial charge in [0.05, 0.1) is 11.1 Å². The Balaban J connectivity index is 2.15. The Hall–Kier alpha value is -2.68. The van der Waals surface area contributed by atoms with Gasteiger partial charge in [0.1, 0.15) is 5.82 Å². The number of carboxylic acid groups (broad SMARTS) is 1. The SMILES string of the molecule is O=C(O)c1cccc(Nc2nc(C(F)(F)F)nc3ccc(Br)cc23)c1. The molecule has 2 aromatic carbocycles. The molecule has 0 atom stereocenters. The largest absolute Gasteiger partial charge is 0.478 e. The summed E-state index contributed by atoms with van der Waals surface area (Å²) in [5, 5.41) is 12.1. The average Bonchev–Trinajstić information content (AvgIpc) is 2.54. The Morgan fingerprint density at radius 1 is 1.12 bits per heavy atom. The first-order chi connectivity index (χ1) is 11.7. The van der Waals surface area contributed by atoms with Crippen LogP contribution < -0.4 is 5.32 Å². The second-order valence-electron chi connectivity index (χ2n) is 5.07. The van der Waals surface area contributed by atoms with E-state index in [9.17, 15) is 18.0 Å². The molecule has 0 bridgehead atoms. The van der Waals surface area contributed by atoms with Crippen LogP contribution in [0.5, 0.6) is 0 Å². The molecule has 0 aliphatic heterocycles. The minimum atomic E-state index is -4.71. The number of anilines is 2. The fraction of sp³-hybridized carbons (Fsp3) is 0.0625. The van der Waals surface area contributed by atoms with E-state index >= 15 is 0 Å². The molecule has 9 heteroatoms. The van der Waals surface area contributed by atoms with Crippen LogP contribution in [0, 0.1) is 0 Å². The lowest BCUT2D eigenvalue weighted by molar-refractivity contribution is -0.144. The zero-order valence-electron chi connectivity index (χ0n) is 12.3. The van der Waals surface area contributed by atoms with E-state index in [1.807, 2.05) is 0 Å². The highest BCUT2D eigenvalue weighted by atomic mass is 79.9. The Morgan fingerprint density at radius 3 is 2.56 bits per heavy atom. The zero-order valence-corrected chi connectivity index (χ0v) is 13.9. The fourth-order valence-corrected chi connectivity index (χ4v) is 2.55. The number of aromatic nitrogens is 2. The van der Waals surface area contributed by atoms with Crippen molar-refractivity contribution in [2.75, 3.05) is 5.32 Å². The molecule has 0 unspecified atom stereocenters. The first-order valence-electron chi connectivity index (χ1n) is 6.89. The number of benzene rings is 2. The van der Waals surface area contributed by atoms with Crippen molar-refractivity contribution in [3.8, 4) is 0 Å². The van der Waals surface area contributed by atoms with Crippen LogP contribution in [0.3, 0.4) is 0 Å². The molecule has 0 amide bonds. The van der Waals surface area contributed by atoms with Crippen molar-refractivity contribution in [3.63, 3.8) is 0 Å². The lowest BCUT2D eigenvalue weighted by Gasteiger charge is -2.13. The molecule has 0 aliphatic rings. The minimum absolute atomic E-state index is 0.000544. The van der Waals surface area contributed by atoms with E-state index in [-0.39, 0.29) is 16.9 Å². The third-order valence-corrected chi connectivity index (χ3v) is 3.78. The van der Waals surface area contributed by atoms with E-state index in [0.717, 1.165) is 0 Å². The number of nitrogens with one attached hydrogen (secondary N) is 1. The molecule has 0 fully saturated rings. The van der Waals surface area contributed by atoms with Crippen molar-refractivity contribution < 1.29 is 23.1 Å². The van der Waals surface area contributed by atoms with Gasteiger partial charge in [-0.05, 0) is 36.4 Å². The summed E-state index contributed by atoms with van der Waals surface area (Å²) in [6.07, 6.45) is -4.71. The van der Waals surface area contributed by atoms with Gasteiger partial charge in [-0.3, -0.25) is 0 Å². The van der Waals surface area contributed by atoms with E-state index < -0.39 is 18.0 Å². The van der Waals surface area contributed by atoms with Crippen LogP contribution in [-0.2, 0) is 6.18 Å². The number of rotatable bonds is 3. The minimum Gasteiger partial charge on any atom is -0.478 e. The van der Waals surface area contributed by atoms with Crippen LogP contribution in [0.4, 0.5) is 24.7 Å².